The topological polar surface area (TPSA) is 99.0 Å². The van der Waals surface area contributed by atoms with Crippen LogP contribution in [0, 0.1) is 11.6 Å². The normalized spacial score (nSPS) is 11.5. The number of nitrogens with zero attached hydrogens (tertiary/aromatic N) is 4. The maximum atomic E-state index is 13.8. The molecule has 34 heavy (non-hydrogen) atoms. The lowest BCUT2D eigenvalue weighted by molar-refractivity contribution is -0.145. The molecule has 0 saturated carbocycles. The van der Waals surface area contributed by atoms with Crippen molar-refractivity contribution in [3.8, 4) is 5.82 Å². The van der Waals surface area contributed by atoms with E-state index in [-0.39, 0.29) is 28.2 Å². The second-order valence-corrected chi connectivity index (χ2v) is 6.80. The van der Waals surface area contributed by atoms with Crippen LogP contribution in [0.15, 0.2) is 48.8 Å². The lowest BCUT2D eigenvalue weighted by atomic mass is 10.2. The van der Waals surface area contributed by atoms with Gasteiger partial charge in [-0.25, -0.2) is 28.5 Å². The Morgan fingerprint density at radius 2 is 1.79 bits per heavy atom. The van der Waals surface area contributed by atoms with Crippen LogP contribution in [0.5, 0.6) is 0 Å². The minimum Gasteiger partial charge on any atom is -0.465 e. The average Bonchev–Trinajstić information content (AvgIpc) is 3.18. The van der Waals surface area contributed by atoms with Gasteiger partial charge in [0.05, 0.1) is 41.7 Å². The number of imidazole rings is 1. The number of ether oxygens (including phenoxy) is 1. The number of aromatic nitrogens is 4. The predicted molar refractivity (Wildman–Crippen MR) is 107 cm³/mol. The summed E-state index contributed by atoms with van der Waals surface area (Å²) >= 11 is 0. The summed E-state index contributed by atoms with van der Waals surface area (Å²) in [6.45, 7) is 0. The van der Waals surface area contributed by atoms with Gasteiger partial charge < -0.3 is 10.1 Å². The number of amides is 1. The quantitative estimate of drug-likeness (QED) is 0.350. The molecular weight excluding hydrogens is 465 g/mol. The lowest BCUT2D eigenvalue weighted by Crippen LogP contribution is -2.17. The lowest BCUT2D eigenvalue weighted by Gasteiger charge is -2.11. The van der Waals surface area contributed by atoms with E-state index >= 15 is 0 Å². The molecular formula is C21H12F5N5O3. The third kappa shape index (κ3) is 4.27. The fourth-order valence-corrected chi connectivity index (χ4v) is 3.11. The molecule has 4 aromatic rings. The molecule has 1 amide bonds. The molecule has 0 spiro atoms. The van der Waals surface area contributed by atoms with Crippen LogP contribution >= 0.6 is 0 Å². The van der Waals surface area contributed by atoms with Crippen LogP contribution in [0.2, 0.25) is 0 Å². The summed E-state index contributed by atoms with van der Waals surface area (Å²) in [7, 11) is 1.13. The summed E-state index contributed by atoms with van der Waals surface area (Å²) in [6, 6.07) is 6.01. The van der Waals surface area contributed by atoms with Gasteiger partial charge in [-0.15, -0.1) is 0 Å². The number of nitrogens with one attached hydrogen (secondary N) is 1. The van der Waals surface area contributed by atoms with Crippen LogP contribution < -0.4 is 5.32 Å². The van der Waals surface area contributed by atoms with Gasteiger partial charge in [0, 0.05) is 6.07 Å². The Morgan fingerprint density at radius 1 is 1.03 bits per heavy atom. The summed E-state index contributed by atoms with van der Waals surface area (Å²) in [4.78, 5) is 35.2. The van der Waals surface area contributed by atoms with Crippen LogP contribution in [-0.4, -0.2) is 38.5 Å². The van der Waals surface area contributed by atoms with Crippen molar-refractivity contribution in [1.29, 1.82) is 0 Å². The fourth-order valence-electron chi connectivity index (χ4n) is 3.11. The van der Waals surface area contributed by atoms with Crippen molar-refractivity contribution in [2.75, 3.05) is 12.4 Å². The zero-order valence-electron chi connectivity index (χ0n) is 17.0. The number of anilines is 1. The molecule has 0 aliphatic rings. The fraction of sp³-hybridized carbons (Fsp3) is 0.0952. The molecule has 4 rings (SSSR count). The van der Waals surface area contributed by atoms with E-state index in [2.05, 4.69) is 25.0 Å². The molecule has 0 aliphatic carbocycles. The summed E-state index contributed by atoms with van der Waals surface area (Å²) in [5.74, 6) is -5.47. The molecule has 2 aromatic carbocycles. The van der Waals surface area contributed by atoms with Crippen LogP contribution in [0.4, 0.5) is 27.8 Å². The van der Waals surface area contributed by atoms with Gasteiger partial charge in [-0.05, 0) is 30.3 Å². The maximum absolute atomic E-state index is 13.8. The SMILES string of the molecule is COC(=O)c1ccc2c(c1)nc(C(F)(F)F)n2-c1cnc(NC(=O)c2ccc(F)cc2F)cn1. The van der Waals surface area contributed by atoms with Gasteiger partial charge in [0.2, 0.25) is 5.82 Å². The smallest absolute Gasteiger partial charge is 0.450 e. The summed E-state index contributed by atoms with van der Waals surface area (Å²) in [5.41, 5.74) is -0.611. The average molecular weight is 477 g/mol. The highest BCUT2D eigenvalue weighted by atomic mass is 19.4. The van der Waals surface area contributed by atoms with Gasteiger partial charge in [0.15, 0.2) is 11.6 Å². The Bertz CT molecular complexity index is 1420. The number of benzene rings is 2. The molecule has 2 aromatic heterocycles. The van der Waals surface area contributed by atoms with Gasteiger partial charge in [-0.3, -0.25) is 9.36 Å². The van der Waals surface area contributed by atoms with Crippen molar-refractivity contribution < 1.29 is 36.3 Å². The molecule has 13 heteroatoms. The van der Waals surface area contributed by atoms with Crippen molar-refractivity contribution in [2.45, 2.75) is 6.18 Å². The third-order valence-corrected chi connectivity index (χ3v) is 4.61. The van der Waals surface area contributed by atoms with Gasteiger partial charge in [0.1, 0.15) is 11.6 Å². The first kappa shape index (κ1) is 22.8. The number of rotatable bonds is 4. The second-order valence-electron chi connectivity index (χ2n) is 6.80. The number of fused-ring (bicyclic) bond motifs is 1. The minimum atomic E-state index is -4.88. The van der Waals surface area contributed by atoms with Crippen molar-refractivity contribution in [2.24, 2.45) is 0 Å². The number of carbonyl (C=O) groups excluding carboxylic acids is 2. The van der Waals surface area contributed by atoms with E-state index < -0.39 is 41.1 Å². The molecule has 2 heterocycles. The number of esters is 1. The summed E-state index contributed by atoms with van der Waals surface area (Å²) in [6.07, 6.45) is -2.97. The molecule has 0 bridgehead atoms. The molecule has 174 valence electrons. The van der Waals surface area contributed by atoms with Gasteiger partial charge in [0.25, 0.3) is 5.91 Å². The Balaban J connectivity index is 1.70. The van der Waals surface area contributed by atoms with E-state index in [1.54, 1.807) is 0 Å². The number of alkyl halides is 3. The molecule has 0 unspecified atom stereocenters. The van der Waals surface area contributed by atoms with Crippen LogP contribution in [-0.2, 0) is 10.9 Å². The molecule has 1 N–H and O–H groups in total. The Labute approximate surface area is 187 Å². The number of hydrogen-bond donors (Lipinski definition) is 1. The number of halogens is 5. The molecule has 0 saturated heterocycles. The number of hydrogen-bond acceptors (Lipinski definition) is 6. The Kier molecular flexibility index (Phi) is 5.69. The Hall–Kier alpha value is -4.42. The van der Waals surface area contributed by atoms with E-state index in [0.29, 0.717) is 10.6 Å². The number of carbonyl (C=O) groups is 2. The largest absolute Gasteiger partial charge is 0.465 e. The first-order valence-corrected chi connectivity index (χ1v) is 9.35. The molecule has 0 aliphatic heterocycles. The third-order valence-electron chi connectivity index (χ3n) is 4.61. The first-order valence-electron chi connectivity index (χ1n) is 9.35. The van der Waals surface area contributed by atoms with Gasteiger partial charge >= 0.3 is 12.1 Å². The van der Waals surface area contributed by atoms with E-state index in [1.807, 2.05) is 0 Å². The van der Waals surface area contributed by atoms with E-state index in [4.69, 9.17) is 0 Å². The van der Waals surface area contributed by atoms with Gasteiger partial charge in [-0.1, -0.05) is 0 Å². The summed E-state index contributed by atoms with van der Waals surface area (Å²) < 4.78 is 73.0. The second kappa shape index (κ2) is 8.50. The highest BCUT2D eigenvalue weighted by molar-refractivity contribution is 6.03. The molecule has 0 atom stereocenters. The van der Waals surface area contributed by atoms with Crippen molar-refractivity contribution in [3.63, 3.8) is 0 Å². The van der Waals surface area contributed by atoms with Crippen molar-refractivity contribution in [3.05, 3.63) is 77.4 Å². The Morgan fingerprint density at radius 3 is 2.41 bits per heavy atom. The zero-order chi connectivity index (χ0) is 24.6. The predicted octanol–water partition coefficient (Wildman–Crippen LogP) is 4.15. The van der Waals surface area contributed by atoms with E-state index in [9.17, 15) is 31.5 Å². The van der Waals surface area contributed by atoms with E-state index in [1.165, 1.54) is 12.1 Å². The van der Waals surface area contributed by atoms with Crippen LogP contribution in [0.1, 0.15) is 26.5 Å². The standard InChI is InChI=1S/C21H12F5N5O3/c1-34-19(33)10-2-5-15-14(6-10)29-20(21(24,25)26)31(15)17-9-27-16(8-28-17)30-18(32)12-4-3-11(22)7-13(12)23/h2-9H,1H3,(H,27,30,32). The zero-order valence-corrected chi connectivity index (χ0v) is 17.0. The van der Waals surface area contributed by atoms with Crippen molar-refractivity contribution in [1.82, 2.24) is 19.5 Å². The minimum absolute atomic E-state index is 0.00513. The summed E-state index contributed by atoms with van der Waals surface area (Å²) in [5, 5.41) is 2.23. The van der Waals surface area contributed by atoms with E-state index in [0.717, 1.165) is 37.7 Å². The first-order chi connectivity index (χ1) is 16.1. The monoisotopic (exact) mass is 477 g/mol. The highest BCUT2D eigenvalue weighted by Gasteiger charge is 2.38. The maximum Gasteiger partial charge on any atom is 0.450 e. The van der Waals surface area contributed by atoms with Crippen LogP contribution in [0.3, 0.4) is 0 Å². The molecule has 8 nitrogen and oxygen atoms in total. The molecule has 0 fully saturated rings. The van der Waals surface area contributed by atoms with Gasteiger partial charge in [-0.2, -0.15) is 13.2 Å². The molecule has 0 radical (unpaired) electrons. The van der Waals surface area contributed by atoms with Crippen molar-refractivity contribution >= 4 is 28.7 Å². The number of methoxy groups -OCH3 is 1. The van der Waals surface area contributed by atoms with Crippen LogP contribution in [0.25, 0.3) is 16.9 Å². The highest BCUT2D eigenvalue weighted by Crippen LogP contribution is 2.33.